The zero-order valence-electron chi connectivity index (χ0n) is 18.4. The quantitative estimate of drug-likeness (QED) is 0.294. The highest BCUT2D eigenvalue weighted by molar-refractivity contribution is 5.97. The van der Waals surface area contributed by atoms with Crippen LogP contribution < -0.4 is 27.6 Å². The lowest BCUT2D eigenvalue weighted by Gasteiger charge is -2.29. The molecule has 0 radical (unpaired) electrons. The van der Waals surface area contributed by atoms with Crippen molar-refractivity contribution < 1.29 is 9.37 Å². The number of carbonyl (C=O) groups is 1. The first-order valence-corrected chi connectivity index (χ1v) is 10.3. The van der Waals surface area contributed by atoms with Crippen LogP contribution in [0.15, 0.2) is 33.9 Å². The molecule has 1 saturated heterocycles. The van der Waals surface area contributed by atoms with Gasteiger partial charge in [0.1, 0.15) is 0 Å². The van der Waals surface area contributed by atoms with Gasteiger partial charge in [-0.05, 0) is 6.92 Å². The van der Waals surface area contributed by atoms with Crippen molar-refractivity contribution in [3.8, 4) is 0 Å². The molecule has 11 nitrogen and oxygen atoms in total. The predicted molar refractivity (Wildman–Crippen MR) is 121 cm³/mol. The molecule has 0 bridgehead atoms. The minimum Gasteiger partial charge on any atom is -0.336 e. The molecule has 1 fully saturated rings. The maximum atomic E-state index is 13.1. The number of piperazine rings is 1. The highest BCUT2D eigenvalue weighted by Crippen LogP contribution is 2.21. The molecule has 3 aromatic rings. The van der Waals surface area contributed by atoms with Gasteiger partial charge in [-0.15, -0.1) is 0 Å². The van der Waals surface area contributed by atoms with Gasteiger partial charge in [0, 0.05) is 19.7 Å². The number of rotatable bonds is 4. The standard InChI is InChI=1S/C21H26N8O3/c1-13-4-6-14(7-5-13)15(30)12-29-16-17(25(2)21(32)26(3)18(16)31)24-20(29)28-10-8-27(9-11-28)19(22)23/h4-7H,8-12H2,1-3H3,(H3,22,23)/p+1. The maximum absolute atomic E-state index is 13.1. The fourth-order valence-electron chi connectivity index (χ4n) is 3.97. The summed E-state index contributed by atoms with van der Waals surface area (Å²) in [4.78, 5) is 45.2. The number of aryl methyl sites for hydroxylation is 2. The first-order chi connectivity index (χ1) is 15.2. The number of aromatic nitrogens is 4. The van der Waals surface area contributed by atoms with E-state index < -0.39 is 11.2 Å². The van der Waals surface area contributed by atoms with Crippen LogP contribution >= 0.6 is 0 Å². The van der Waals surface area contributed by atoms with Gasteiger partial charge in [0.15, 0.2) is 16.9 Å². The van der Waals surface area contributed by atoms with Crippen LogP contribution in [-0.4, -0.2) is 61.2 Å². The van der Waals surface area contributed by atoms with Crippen LogP contribution in [0.3, 0.4) is 0 Å². The summed E-state index contributed by atoms with van der Waals surface area (Å²) >= 11 is 0. The van der Waals surface area contributed by atoms with E-state index in [4.69, 9.17) is 11.5 Å². The van der Waals surface area contributed by atoms with E-state index in [9.17, 15) is 14.4 Å². The number of nitrogens with zero attached hydrogens (tertiary/aromatic N) is 6. The molecule has 0 unspecified atom stereocenters. The van der Waals surface area contributed by atoms with E-state index in [0.717, 1.165) is 10.1 Å². The second kappa shape index (κ2) is 7.98. The average Bonchev–Trinajstić information content (AvgIpc) is 3.16. The lowest BCUT2D eigenvalue weighted by atomic mass is 10.1. The number of Topliss-reactive ketones (excluding diaryl/α,β-unsaturated/α-hetero) is 1. The van der Waals surface area contributed by atoms with Gasteiger partial charge in [-0.25, -0.2) is 4.79 Å². The molecule has 32 heavy (non-hydrogen) atoms. The Morgan fingerprint density at radius 3 is 2.28 bits per heavy atom. The van der Waals surface area contributed by atoms with Crippen molar-refractivity contribution in [1.82, 2.24) is 18.7 Å². The van der Waals surface area contributed by atoms with Gasteiger partial charge in [0.05, 0.1) is 32.7 Å². The van der Waals surface area contributed by atoms with E-state index in [1.54, 1.807) is 23.7 Å². The van der Waals surface area contributed by atoms with Crippen molar-refractivity contribution in [2.24, 2.45) is 25.6 Å². The summed E-state index contributed by atoms with van der Waals surface area (Å²) in [6.07, 6.45) is 0. The number of guanidine groups is 1. The molecule has 0 atom stereocenters. The van der Waals surface area contributed by atoms with Crippen molar-refractivity contribution in [2.45, 2.75) is 13.5 Å². The van der Waals surface area contributed by atoms with Crippen LogP contribution in [0.4, 0.5) is 5.95 Å². The Hall–Kier alpha value is -3.89. The maximum Gasteiger partial charge on any atom is 0.341 e. The Labute approximate surface area is 183 Å². The van der Waals surface area contributed by atoms with Crippen molar-refractivity contribution in [2.75, 3.05) is 31.1 Å². The lowest BCUT2D eigenvalue weighted by molar-refractivity contribution is -0.531. The van der Waals surface area contributed by atoms with Crippen LogP contribution in [0.2, 0.25) is 0 Å². The third kappa shape index (κ3) is 3.55. The Kier molecular flexibility index (Phi) is 5.33. The van der Waals surface area contributed by atoms with E-state index in [-0.39, 0.29) is 29.5 Å². The minimum atomic E-state index is -0.489. The highest BCUT2D eigenvalue weighted by atomic mass is 16.2. The van der Waals surface area contributed by atoms with Crippen LogP contribution in [0, 0.1) is 6.92 Å². The number of imidazole rings is 1. The molecule has 11 heteroatoms. The van der Waals surface area contributed by atoms with E-state index in [1.165, 1.54) is 11.6 Å². The molecule has 1 aliphatic rings. The minimum absolute atomic E-state index is 0.0757. The van der Waals surface area contributed by atoms with Crippen LogP contribution in [0.1, 0.15) is 15.9 Å². The molecule has 0 spiro atoms. The number of hydrogen-bond acceptors (Lipinski definition) is 5. The Morgan fingerprint density at radius 2 is 1.69 bits per heavy atom. The van der Waals surface area contributed by atoms with Crippen molar-refractivity contribution in [3.63, 3.8) is 0 Å². The first-order valence-electron chi connectivity index (χ1n) is 10.3. The number of benzene rings is 1. The first kappa shape index (κ1) is 21.3. The second-order valence-corrected chi connectivity index (χ2v) is 8.06. The van der Waals surface area contributed by atoms with E-state index >= 15 is 0 Å². The van der Waals surface area contributed by atoms with Crippen LogP contribution in [0.25, 0.3) is 11.2 Å². The molecule has 4 rings (SSSR count). The summed E-state index contributed by atoms with van der Waals surface area (Å²) < 4.78 is 5.83. The van der Waals surface area contributed by atoms with Crippen molar-refractivity contribution >= 4 is 28.9 Å². The molecule has 1 aromatic carbocycles. The largest absolute Gasteiger partial charge is 0.341 e. The summed E-state index contributed by atoms with van der Waals surface area (Å²) in [6, 6.07) is 7.28. The van der Waals surface area contributed by atoms with Gasteiger partial charge in [-0.2, -0.15) is 4.98 Å². The normalized spacial score (nSPS) is 14.2. The molecule has 2 aromatic heterocycles. The van der Waals surface area contributed by atoms with Gasteiger partial charge >= 0.3 is 11.6 Å². The molecule has 4 N–H and O–H groups in total. The fourth-order valence-corrected chi connectivity index (χ4v) is 3.97. The van der Waals surface area contributed by atoms with E-state index in [2.05, 4.69) is 4.98 Å². The number of anilines is 1. The Morgan fingerprint density at radius 1 is 1.06 bits per heavy atom. The number of hydrogen-bond donors (Lipinski definition) is 2. The SMILES string of the molecule is Cc1ccc(C(=O)Cn2c(N3CC[N+](=C(N)N)CC3)nc3c2c(=O)n(C)c(=O)n3C)cc1. The van der Waals surface area contributed by atoms with E-state index in [0.29, 0.717) is 37.7 Å². The number of ketones is 1. The molecule has 0 saturated carbocycles. The van der Waals surface area contributed by atoms with Crippen LogP contribution in [-0.2, 0) is 20.6 Å². The summed E-state index contributed by atoms with van der Waals surface area (Å²) in [6.45, 7) is 4.13. The number of fused-ring (bicyclic) bond motifs is 1. The monoisotopic (exact) mass is 439 g/mol. The molecule has 3 heterocycles. The molecular formula is C21H27N8O3+. The third-order valence-electron chi connectivity index (χ3n) is 5.93. The van der Waals surface area contributed by atoms with Gasteiger partial charge in [-0.3, -0.25) is 39.3 Å². The van der Waals surface area contributed by atoms with Crippen molar-refractivity contribution in [1.29, 1.82) is 0 Å². The number of carbonyl (C=O) groups excluding carboxylic acids is 1. The van der Waals surface area contributed by atoms with E-state index in [1.807, 2.05) is 28.5 Å². The predicted octanol–water partition coefficient (Wildman–Crippen LogP) is -1.27. The lowest BCUT2D eigenvalue weighted by Crippen LogP contribution is -2.48. The molecular weight excluding hydrogens is 412 g/mol. The summed E-state index contributed by atoms with van der Waals surface area (Å²) in [7, 11) is 2.98. The average molecular weight is 440 g/mol. The smallest absolute Gasteiger partial charge is 0.336 e. The summed E-state index contributed by atoms with van der Waals surface area (Å²) in [5.74, 6) is 0.567. The zero-order valence-corrected chi connectivity index (χ0v) is 18.4. The second-order valence-electron chi connectivity index (χ2n) is 8.06. The van der Waals surface area contributed by atoms with Crippen LogP contribution in [0.5, 0.6) is 0 Å². The molecule has 0 amide bonds. The van der Waals surface area contributed by atoms with Gasteiger partial charge in [-0.1, -0.05) is 29.8 Å². The highest BCUT2D eigenvalue weighted by Gasteiger charge is 2.27. The Balaban J connectivity index is 1.85. The molecule has 168 valence electrons. The van der Waals surface area contributed by atoms with Gasteiger partial charge in [0.2, 0.25) is 5.95 Å². The topological polar surface area (TPSA) is 137 Å². The third-order valence-corrected chi connectivity index (χ3v) is 5.93. The van der Waals surface area contributed by atoms with Gasteiger partial charge in [0.25, 0.3) is 5.56 Å². The summed E-state index contributed by atoms with van der Waals surface area (Å²) in [5, 5.41) is 0. The fraction of sp³-hybridized carbons (Fsp3) is 0.381. The number of nitrogens with two attached hydrogens (primary N) is 2. The molecule has 0 aliphatic carbocycles. The Bertz CT molecular complexity index is 1350. The summed E-state index contributed by atoms with van der Waals surface area (Å²) in [5.41, 5.74) is 12.5. The van der Waals surface area contributed by atoms with Crippen molar-refractivity contribution in [3.05, 3.63) is 56.2 Å². The molecule has 1 aliphatic heterocycles. The van der Waals surface area contributed by atoms with Gasteiger partial charge < -0.3 is 4.90 Å². The zero-order chi connectivity index (χ0) is 23.2.